The molecule has 0 aromatic carbocycles. The van der Waals surface area contributed by atoms with Gasteiger partial charge in [-0.25, -0.2) is 0 Å². The number of aliphatic imine (C=N–C) groups is 1. The van der Waals surface area contributed by atoms with Gasteiger partial charge in [-0.2, -0.15) is 0 Å². The maximum absolute atomic E-state index is 11.3. The van der Waals surface area contributed by atoms with Crippen LogP contribution in [-0.2, 0) is 4.79 Å². The molecule has 0 radical (unpaired) electrons. The lowest BCUT2D eigenvalue weighted by Gasteiger charge is -2.20. The van der Waals surface area contributed by atoms with Crippen LogP contribution in [0.15, 0.2) is 4.99 Å². The van der Waals surface area contributed by atoms with Crippen LogP contribution in [0, 0.1) is 5.92 Å². The highest BCUT2D eigenvalue weighted by Crippen LogP contribution is 2.30. The second-order valence-electron chi connectivity index (χ2n) is 3.01. The summed E-state index contributed by atoms with van der Waals surface area (Å²) in [5, 5.41) is 2.75. The van der Waals surface area contributed by atoms with Crippen molar-refractivity contribution >= 4 is 32.3 Å². The summed E-state index contributed by atoms with van der Waals surface area (Å²) in [6.45, 7) is 0. The van der Waals surface area contributed by atoms with E-state index >= 15 is 0 Å². The minimum absolute atomic E-state index is 0.173. The van der Waals surface area contributed by atoms with Crippen molar-refractivity contribution in [2.24, 2.45) is 10.9 Å². The lowest BCUT2D eigenvalue weighted by Crippen LogP contribution is -2.41. The molecule has 1 saturated carbocycles. The molecule has 0 aromatic heterocycles. The Hall–Kier alpha value is -0.130. The monoisotopic (exact) mass is 264 g/mol. The topological polar surface area (TPSA) is 41.5 Å². The number of rotatable bonds is 0. The third-order valence-corrected chi connectivity index (χ3v) is 2.87. The number of nitrogens with zero attached hydrogens (tertiary/aromatic N) is 1. The van der Waals surface area contributed by atoms with Gasteiger partial charge < -0.3 is 5.32 Å². The van der Waals surface area contributed by atoms with Gasteiger partial charge in [-0.1, -0.05) is 6.42 Å². The van der Waals surface area contributed by atoms with Crippen molar-refractivity contribution in [3.63, 3.8) is 0 Å². The standard InChI is InChI=1S/C7H9IN2O/c8-7-9-5-3-1-2-4(5)6(11)10-7/h4-5H,1-3H2,(H,9,10,11). The summed E-state index contributed by atoms with van der Waals surface area (Å²) in [7, 11) is 0. The fraction of sp³-hybridized carbons (Fsp3) is 0.714. The Morgan fingerprint density at radius 2 is 2.36 bits per heavy atom. The van der Waals surface area contributed by atoms with Gasteiger partial charge in [0.25, 0.3) is 0 Å². The Labute approximate surface area is 78.8 Å². The van der Waals surface area contributed by atoms with Crippen molar-refractivity contribution in [2.75, 3.05) is 0 Å². The van der Waals surface area contributed by atoms with Gasteiger partial charge in [-0.15, -0.1) is 0 Å². The molecule has 1 heterocycles. The first-order valence-electron chi connectivity index (χ1n) is 3.81. The lowest BCUT2D eigenvalue weighted by atomic mass is 10.0. The van der Waals surface area contributed by atoms with Crippen LogP contribution < -0.4 is 5.32 Å². The summed E-state index contributed by atoms with van der Waals surface area (Å²) in [4.78, 5) is 15.7. The molecular formula is C7H9IN2O. The first kappa shape index (κ1) is 7.52. The number of hydrogen-bond acceptors (Lipinski definition) is 2. The molecule has 1 aliphatic carbocycles. The molecule has 2 unspecified atom stereocenters. The number of amides is 1. The summed E-state index contributed by atoms with van der Waals surface area (Å²) in [6, 6.07) is 0.288. The van der Waals surface area contributed by atoms with E-state index < -0.39 is 0 Å². The minimum atomic E-state index is 0.173. The molecule has 1 fully saturated rings. The highest BCUT2D eigenvalue weighted by atomic mass is 127. The molecule has 1 N–H and O–H groups in total. The molecule has 0 spiro atoms. The summed E-state index contributed by atoms with van der Waals surface area (Å²) >= 11 is 2.07. The molecule has 2 aliphatic rings. The predicted octanol–water partition coefficient (Wildman–Crippen LogP) is 1.08. The molecule has 11 heavy (non-hydrogen) atoms. The number of fused-ring (bicyclic) bond motifs is 1. The lowest BCUT2D eigenvalue weighted by molar-refractivity contribution is -0.124. The van der Waals surface area contributed by atoms with Crippen molar-refractivity contribution in [1.82, 2.24) is 5.32 Å². The van der Waals surface area contributed by atoms with Gasteiger partial charge in [0, 0.05) is 0 Å². The number of amidine groups is 1. The third kappa shape index (κ3) is 1.28. The molecule has 0 saturated heterocycles. The van der Waals surface area contributed by atoms with Crippen LogP contribution in [-0.4, -0.2) is 15.8 Å². The van der Waals surface area contributed by atoms with Crippen LogP contribution >= 0.6 is 22.6 Å². The molecule has 2 rings (SSSR count). The zero-order valence-electron chi connectivity index (χ0n) is 6.01. The van der Waals surface area contributed by atoms with Gasteiger partial charge >= 0.3 is 0 Å². The highest BCUT2D eigenvalue weighted by molar-refractivity contribution is 14.1. The van der Waals surface area contributed by atoms with Gasteiger partial charge in [0.1, 0.15) is 0 Å². The quantitative estimate of drug-likeness (QED) is 0.516. The Kier molecular flexibility index (Phi) is 1.86. The molecule has 2 atom stereocenters. The van der Waals surface area contributed by atoms with Crippen LogP contribution in [0.4, 0.5) is 0 Å². The Morgan fingerprint density at radius 1 is 1.55 bits per heavy atom. The predicted molar refractivity (Wildman–Crippen MR) is 50.7 cm³/mol. The van der Waals surface area contributed by atoms with E-state index in [-0.39, 0.29) is 17.9 Å². The Bertz CT molecular complexity index is 226. The van der Waals surface area contributed by atoms with Crippen LogP contribution in [0.1, 0.15) is 19.3 Å². The first-order chi connectivity index (χ1) is 5.27. The molecule has 1 aliphatic heterocycles. The van der Waals surface area contributed by atoms with Gasteiger partial charge in [0.15, 0.2) is 3.84 Å². The maximum Gasteiger partial charge on any atom is 0.231 e. The molecule has 3 nitrogen and oxygen atoms in total. The number of carbonyl (C=O) groups is 1. The summed E-state index contributed by atoms with van der Waals surface area (Å²) in [6.07, 6.45) is 3.25. The smallest absolute Gasteiger partial charge is 0.231 e. The van der Waals surface area contributed by atoms with Crippen molar-refractivity contribution in [3.05, 3.63) is 0 Å². The summed E-state index contributed by atoms with van der Waals surface area (Å²) < 4.78 is 0.760. The van der Waals surface area contributed by atoms with Crippen molar-refractivity contribution < 1.29 is 4.79 Å². The van der Waals surface area contributed by atoms with Gasteiger partial charge in [0.05, 0.1) is 12.0 Å². The van der Waals surface area contributed by atoms with E-state index in [2.05, 4.69) is 32.9 Å². The average Bonchev–Trinajstić information content (AvgIpc) is 2.34. The SMILES string of the molecule is O=C1NC(I)=NC2CCCC12. The second-order valence-corrected chi connectivity index (χ2v) is 4.04. The van der Waals surface area contributed by atoms with E-state index in [1.807, 2.05) is 0 Å². The molecule has 60 valence electrons. The second kappa shape index (κ2) is 2.73. The van der Waals surface area contributed by atoms with Crippen molar-refractivity contribution in [3.8, 4) is 0 Å². The number of nitrogens with one attached hydrogen (secondary N) is 1. The highest BCUT2D eigenvalue weighted by Gasteiger charge is 2.35. The summed E-state index contributed by atoms with van der Waals surface area (Å²) in [5.41, 5.74) is 0. The van der Waals surface area contributed by atoms with E-state index in [1.54, 1.807) is 0 Å². The molecule has 4 heteroatoms. The van der Waals surface area contributed by atoms with Gasteiger partial charge in [-0.3, -0.25) is 9.79 Å². The molecule has 0 aromatic rings. The molecular weight excluding hydrogens is 255 g/mol. The van der Waals surface area contributed by atoms with Crippen LogP contribution in [0.5, 0.6) is 0 Å². The summed E-state index contributed by atoms with van der Waals surface area (Å²) in [5.74, 6) is 0.348. The molecule has 1 amide bonds. The number of hydrogen-bond donors (Lipinski definition) is 1. The fourth-order valence-corrected chi connectivity index (χ4v) is 2.40. The van der Waals surface area contributed by atoms with Crippen LogP contribution in [0.25, 0.3) is 0 Å². The van der Waals surface area contributed by atoms with E-state index in [0.29, 0.717) is 0 Å². The van der Waals surface area contributed by atoms with E-state index in [0.717, 1.165) is 23.1 Å². The normalized spacial score (nSPS) is 36.1. The van der Waals surface area contributed by atoms with E-state index in [4.69, 9.17) is 0 Å². The average molecular weight is 264 g/mol. The van der Waals surface area contributed by atoms with Crippen LogP contribution in [0.2, 0.25) is 0 Å². The largest absolute Gasteiger partial charge is 0.306 e. The first-order valence-corrected chi connectivity index (χ1v) is 4.89. The van der Waals surface area contributed by atoms with Crippen molar-refractivity contribution in [2.45, 2.75) is 25.3 Å². The van der Waals surface area contributed by atoms with Gasteiger partial charge in [0.2, 0.25) is 5.91 Å². The Balaban J connectivity index is 2.25. The van der Waals surface area contributed by atoms with E-state index in [1.165, 1.54) is 0 Å². The molecule has 0 bridgehead atoms. The Morgan fingerprint density at radius 3 is 3.18 bits per heavy atom. The van der Waals surface area contributed by atoms with E-state index in [9.17, 15) is 4.79 Å². The number of carbonyl (C=O) groups excluding carboxylic acids is 1. The maximum atomic E-state index is 11.3. The zero-order chi connectivity index (χ0) is 7.84. The van der Waals surface area contributed by atoms with Crippen LogP contribution in [0.3, 0.4) is 0 Å². The zero-order valence-corrected chi connectivity index (χ0v) is 8.17. The minimum Gasteiger partial charge on any atom is -0.306 e. The van der Waals surface area contributed by atoms with Gasteiger partial charge in [-0.05, 0) is 35.4 Å². The third-order valence-electron chi connectivity index (χ3n) is 2.32. The van der Waals surface area contributed by atoms with Crippen molar-refractivity contribution in [1.29, 1.82) is 0 Å². The number of halogens is 1. The fourth-order valence-electron chi connectivity index (χ4n) is 1.77.